The van der Waals surface area contributed by atoms with Crippen molar-refractivity contribution in [2.24, 2.45) is 5.10 Å². The van der Waals surface area contributed by atoms with Crippen LogP contribution in [0.15, 0.2) is 5.10 Å². The Morgan fingerprint density at radius 2 is 2.11 bits per heavy atom. The molecule has 7 nitrogen and oxygen atoms in total. The quantitative estimate of drug-likeness (QED) is 0.641. The second kappa shape index (κ2) is 6.13. The summed E-state index contributed by atoms with van der Waals surface area (Å²) in [5.74, 6) is -0.934. The lowest BCUT2D eigenvalue weighted by Gasteiger charge is -2.24. The van der Waals surface area contributed by atoms with Crippen LogP contribution in [-0.4, -0.2) is 60.7 Å². The third-order valence-electron chi connectivity index (χ3n) is 2.67. The second-order valence-electron chi connectivity index (χ2n) is 3.86. The van der Waals surface area contributed by atoms with Crippen LogP contribution in [0.4, 0.5) is 0 Å². The molecule has 0 unspecified atom stereocenters. The Kier molecular flexibility index (Phi) is 4.82. The Hall–Kier alpha value is -1.92. The molecule has 0 saturated carbocycles. The summed E-state index contributed by atoms with van der Waals surface area (Å²) in [5.41, 5.74) is 0.294. The number of rotatable bonds is 4. The molecule has 7 heteroatoms. The summed E-state index contributed by atoms with van der Waals surface area (Å²) in [6.07, 6.45) is 0.566. The Morgan fingerprint density at radius 3 is 2.61 bits per heavy atom. The van der Waals surface area contributed by atoms with E-state index in [9.17, 15) is 14.4 Å². The average Bonchev–Trinajstić information content (AvgIpc) is 2.38. The number of likely N-dealkylation sites (N-methyl/N-ethyl adjacent to an activating group) is 1. The number of methoxy groups -OCH3 is 1. The molecule has 1 aliphatic heterocycles. The molecule has 0 aromatic heterocycles. The first-order valence-electron chi connectivity index (χ1n) is 5.69. The maximum atomic E-state index is 12.1. The van der Waals surface area contributed by atoms with Crippen LogP contribution < -0.4 is 0 Å². The van der Waals surface area contributed by atoms with Gasteiger partial charge in [0.05, 0.1) is 7.11 Å². The van der Waals surface area contributed by atoms with E-state index in [1.54, 1.807) is 6.92 Å². The summed E-state index contributed by atoms with van der Waals surface area (Å²) in [6.45, 7) is 2.03. The van der Waals surface area contributed by atoms with E-state index < -0.39 is 5.97 Å². The number of hydrogen-bond donors (Lipinski definition) is 0. The lowest BCUT2D eigenvalue weighted by atomic mass is 10.1. The number of amides is 2. The van der Waals surface area contributed by atoms with Gasteiger partial charge in [-0.25, -0.2) is 5.01 Å². The molecule has 0 spiro atoms. The predicted octanol–water partition coefficient (Wildman–Crippen LogP) is -0.384. The number of carbonyl (C=O) groups excluding carboxylic acids is 3. The van der Waals surface area contributed by atoms with Crippen LogP contribution in [0.2, 0.25) is 0 Å². The first-order valence-corrected chi connectivity index (χ1v) is 5.69. The molecule has 18 heavy (non-hydrogen) atoms. The largest absolute Gasteiger partial charge is 0.468 e. The predicted molar refractivity (Wildman–Crippen MR) is 63.7 cm³/mol. The van der Waals surface area contributed by atoms with Gasteiger partial charge in [0.25, 0.3) is 5.91 Å². The maximum absolute atomic E-state index is 12.1. The molecule has 2 amide bonds. The van der Waals surface area contributed by atoms with Crippen LogP contribution in [0, 0.1) is 0 Å². The molecule has 0 aromatic rings. The van der Waals surface area contributed by atoms with Crippen LogP contribution in [0.1, 0.15) is 19.8 Å². The van der Waals surface area contributed by atoms with Crippen LogP contribution in [0.25, 0.3) is 0 Å². The first-order chi connectivity index (χ1) is 8.49. The summed E-state index contributed by atoms with van der Waals surface area (Å²) in [5, 5.41) is 5.08. The van der Waals surface area contributed by atoms with Crippen LogP contribution in [0.5, 0.6) is 0 Å². The van der Waals surface area contributed by atoms with Gasteiger partial charge in [0.2, 0.25) is 5.91 Å². The Labute approximate surface area is 105 Å². The van der Waals surface area contributed by atoms with Crippen molar-refractivity contribution >= 4 is 23.5 Å². The van der Waals surface area contributed by atoms with Crippen molar-refractivity contribution in [3.63, 3.8) is 0 Å². The molecular formula is C11H17N3O4. The molecular weight excluding hydrogens is 238 g/mol. The van der Waals surface area contributed by atoms with E-state index in [2.05, 4.69) is 9.84 Å². The van der Waals surface area contributed by atoms with Crippen molar-refractivity contribution in [3.05, 3.63) is 0 Å². The molecule has 1 aliphatic rings. The van der Waals surface area contributed by atoms with Gasteiger partial charge < -0.3 is 9.64 Å². The monoisotopic (exact) mass is 255 g/mol. The lowest BCUT2D eigenvalue weighted by Crippen LogP contribution is -2.43. The minimum atomic E-state index is -0.481. The van der Waals surface area contributed by atoms with E-state index in [1.807, 2.05) is 0 Å². The highest BCUT2D eigenvalue weighted by Gasteiger charge is 2.26. The molecule has 1 rings (SSSR count). The molecule has 0 radical (unpaired) electrons. The fraction of sp³-hybridized carbons (Fsp3) is 0.636. The molecule has 0 bridgehead atoms. The van der Waals surface area contributed by atoms with Crippen LogP contribution >= 0.6 is 0 Å². The van der Waals surface area contributed by atoms with E-state index in [4.69, 9.17) is 0 Å². The summed E-state index contributed by atoms with van der Waals surface area (Å²) in [4.78, 5) is 35.8. The third kappa shape index (κ3) is 3.28. The Bertz CT molecular complexity index is 392. The zero-order chi connectivity index (χ0) is 13.7. The molecule has 0 aromatic carbocycles. The van der Waals surface area contributed by atoms with Gasteiger partial charge >= 0.3 is 5.97 Å². The average molecular weight is 255 g/mol. The topological polar surface area (TPSA) is 79.3 Å². The number of hydrazone groups is 1. The van der Waals surface area contributed by atoms with Crippen LogP contribution in [-0.2, 0) is 19.1 Å². The summed E-state index contributed by atoms with van der Waals surface area (Å²) in [6, 6.07) is 0. The van der Waals surface area contributed by atoms with Crippen molar-refractivity contribution in [1.29, 1.82) is 0 Å². The smallest absolute Gasteiger partial charge is 0.325 e. The maximum Gasteiger partial charge on any atom is 0.325 e. The fourth-order valence-corrected chi connectivity index (χ4v) is 1.55. The van der Waals surface area contributed by atoms with Gasteiger partial charge in [0, 0.05) is 26.4 Å². The second-order valence-corrected chi connectivity index (χ2v) is 3.86. The van der Waals surface area contributed by atoms with Gasteiger partial charge in [0.1, 0.15) is 12.3 Å². The molecule has 0 aliphatic carbocycles. The van der Waals surface area contributed by atoms with E-state index in [0.717, 1.165) is 5.01 Å². The van der Waals surface area contributed by atoms with Gasteiger partial charge in [-0.3, -0.25) is 14.4 Å². The van der Waals surface area contributed by atoms with Crippen molar-refractivity contribution in [2.45, 2.75) is 19.8 Å². The van der Waals surface area contributed by atoms with Gasteiger partial charge in [-0.05, 0) is 6.92 Å². The summed E-state index contributed by atoms with van der Waals surface area (Å²) >= 11 is 0. The Balaban J connectivity index is 2.75. The zero-order valence-electron chi connectivity index (χ0n) is 10.8. The molecule has 0 atom stereocenters. The molecule has 0 N–H and O–H groups in total. The minimum absolute atomic E-state index is 0.109. The number of nitrogens with zero attached hydrogens (tertiary/aromatic N) is 3. The SMILES string of the molecule is CCN(CC(=O)OC)C(=O)C1=NN(C)C(=O)CC1. The van der Waals surface area contributed by atoms with E-state index in [1.165, 1.54) is 19.1 Å². The number of hydrogen-bond acceptors (Lipinski definition) is 5. The number of ether oxygens (including phenoxy) is 1. The third-order valence-corrected chi connectivity index (χ3v) is 2.67. The van der Waals surface area contributed by atoms with E-state index in [0.29, 0.717) is 18.7 Å². The van der Waals surface area contributed by atoms with Gasteiger partial charge in [-0.15, -0.1) is 0 Å². The van der Waals surface area contributed by atoms with E-state index in [-0.39, 0.29) is 24.8 Å². The molecule has 0 saturated heterocycles. The summed E-state index contributed by atoms with van der Waals surface area (Å²) in [7, 11) is 2.77. The highest BCUT2D eigenvalue weighted by atomic mass is 16.5. The lowest BCUT2D eigenvalue weighted by molar-refractivity contribution is -0.145. The minimum Gasteiger partial charge on any atom is -0.468 e. The standard InChI is InChI=1S/C11H17N3O4/c1-4-14(7-10(16)18-3)11(17)8-5-6-9(15)13(2)12-8/h4-7H2,1-3H3. The normalized spacial score (nSPS) is 15.2. The number of esters is 1. The molecule has 0 fully saturated rings. The Morgan fingerprint density at radius 1 is 1.44 bits per heavy atom. The van der Waals surface area contributed by atoms with Crippen molar-refractivity contribution in [2.75, 3.05) is 27.2 Å². The highest BCUT2D eigenvalue weighted by molar-refractivity contribution is 6.39. The van der Waals surface area contributed by atoms with Crippen molar-refractivity contribution in [1.82, 2.24) is 9.91 Å². The first kappa shape index (κ1) is 14.1. The fourth-order valence-electron chi connectivity index (χ4n) is 1.55. The summed E-state index contributed by atoms with van der Waals surface area (Å²) < 4.78 is 4.52. The molecule has 1 heterocycles. The van der Waals surface area contributed by atoms with Crippen molar-refractivity contribution < 1.29 is 19.1 Å². The van der Waals surface area contributed by atoms with Crippen molar-refractivity contribution in [3.8, 4) is 0 Å². The highest BCUT2D eigenvalue weighted by Crippen LogP contribution is 2.09. The zero-order valence-corrected chi connectivity index (χ0v) is 10.8. The number of carbonyl (C=O) groups is 3. The van der Waals surface area contributed by atoms with Gasteiger partial charge in [0.15, 0.2) is 0 Å². The van der Waals surface area contributed by atoms with Crippen LogP contribution in [0.3, 0.4) is 0 Å². The van der Waals surface area contributed by atoms with E-state index >= 15 is 0 Å². The van der Waals surface area contributed by atoms with Gasteiger partial charge in [-0.2, -0.15) is 5.10 Å². The van der Waals surface area contributed by atoms with Gasteiger partial charge in [-0.1, -0.05) is 0 Å². The molecule has 100 valence electrons.